The third-order valence-electron chi connectivity index (χ3n) is 5.94. The number of hydrogen-bond acceptors (Lipinski definition) is 5. The Balaban J connectivity index is 1.43. The zero-order valence-corrected chi connectivity index (χ0v) is 16.2. The Labute approximate surface area is 159 Å². The zero-order valence-electron chi connectivity index (χ0n) is 15.4. The predicted octanol–water partition coefficient (Wildman–Crippen LogP) is 3.62. The van der Waals surface area contributed by atoms with Crippen LogP contribution < -0.4 is 5.73 Å². The van der Waals surface area contributed by atoms with E-state index >= 15 is 0 Å². The number of nitrogens with zero attached hydrogens (tertiary/aromatic N) is 1. The van der Waals surface area contributed by atoms with Crippen LogP contribution >= 0.6 is 11.3 Å². The highest BCUT2D eigenvalue weighted by atomic mass is 32.1. The van der Waals surface area contributed by atoms with E-state index in [0.717, 1.165) is 55.6 Å². The molecule has 0 saturated carbocycles. The summed E-state index contributed by atoms with van der Waals surface area (Å²) in [5.74, 6) is 0.973. The average molecular weight is 373 g/mol. The Morgan fingerprint density at radius 1 is 1.27 bits per heavy atom. The first-order valence-corrected chi connectivity index (χ1v) is 10.4. The topological polar surface area (TPSA) is 58.7 Å². The van der Waals surface area contributed by atoms with Crippen LogP contribution in [0.25, 0.3) is 0 Å². The molecule has 2 aromatic rings. The van der Waals surface area contributed by atoms with Crippen molar-refractivity contribution in [1.82, 2.24) is 4.90 Å². The summed E-state index contributed by atoms with van der Waals surface area (Å²) in [4.78, 5) is 3.98. The molecule has 2 atom stereocenters. The van der Waals surface area contributed by atoms with Gasteiger partial charge in [-0.15, -0.1) is 11.3 Å². The fourth-order valence-electron chi connectivity index (χ4n) is 4.38. The summed E-state index contributed by atoms with van der Waals surface area (Å²) >= 11 is 1.84. The van der Waals surface area contributed by atoms with E-state index in [9.17, 15) is 5.11 Å². The van der Waals surface area contributed by atoms with Crippen LogP contribution in [0.5, 0.6) is 5.75 Å². The molecule has 4 nitrogen and oxygen atoms in total. The van der Waals surface area contributed by atoms with Gasteiger partial charge in [0.05, 0.1) is 12.2 Å². The highest BCUT2D eigenvalue weighted by Crippen LogP contribution is 2.40. The molecule has 3 heterocycles. The molecule has 0 spiro atoms. The number of nitrogens with two attached hydrogens (primary N) is 1. The van der Waals surface area contributed by atoms with E-state index in [1.165, 1.54) is 4.88 Å². The lowest BCUT2D eigenvalue weighted by atomic mass is 9.83. The Morgan fingerprint density at radius 2 is 2.08 bits per heavy atom. The fraction of sp³-hybridized carbons (Fsp3) is 0.524. The second-order valence-corrected chi connectivity index (χ2v) is 8.63. The third kappa shape index (κ3) is 3.54. The van der Waals surface area contributed by atoms with Crippen molar-refractivity contribution >= 4 is 11.3 Å². The lowest BCUT2D eigenvalue weighted by molar-refractivity contribution is -0.0650. The SMILES string of the molecule is Cc1ccc2c(c1O)C[C@@H](C1CCN(Cc3cccs3)CC1)O[C@H]2CN. The molecule has 4 rings (SSSR count). The molecule has 2 aliphatic rings. The Kier molecular flexibility index (Phi) is 5.32. The smallest absolute Gasteiger partial charge is 0.122 e. The van der Waals surface area contributed by atoms with Crippen LogP contribution in [0.3, 0.4) is 0 Å². The number of piperidine rings is 1. The molecule has 0 radical (unpaired) electrons. The third-order valence-corrected chi connectivity index (χ3v) is 6.80. The second-order valence-electron chi connectivity index (χ2n) is 7.59. The Morgan fingerprint density at radius 3 is 2.77 bits per heavy atom. The van der Waals surface area contributed by atoms with Gasteiger partial charge < -0.3 is 15.6 Å². The van der Waals surface area contributed by atoms with Gasteiger partial charge in [0, 0.05) is 30.0 Å². The van der Waals surface area contributed by atoms with Crippen LogP contribution in [-0.2, 0) is 17.7 Å². The van der Waals surface area contributed by atoms with Crippen LogP contribution in [0.15, 0.2) is 29.6 Å². The van der Waals surface area contributed by atoms with Gasteiger partial charge in [-0.2, -0.15) is 0 Å². The summed E-state index contributed by atoms with van der Waals surface area (Å²) in [5, 5.41) is 12.7. The molecule has 140 valence electrons. The van der Waals surface area contributed by atoms with Crippen molar-refractivity contribution in [3.8, 4) is 5.75 Å². The van der Waals surface area contributed by atoms with Gasteiger partial charge in [-0.05, 0) is 61.3 Å². The van der Waals surface area contributed by atoms with Gasteiger partial charge >= 0.3 is 0 Å². The summed E-state index contributed by atoms with van der Waals surface area (Å²) in [7, 11) is 0. The summed E-state index contributed by atoms with van der Waals surface area (Å²) in [6.45, 7) is 5.71. The number of likely N-dealkylation sites (tertiary alicyclic amines) is 1. The van der Waals surface area contributed by atoms with Gasteiger partial charge in [-0.25, -0.2) is 0 Å². The quantitative estimate of drug-likeness (QED) is 0.861. The zero-order chi connectivity index (χ0) is 18.1. The summed E-state index contributed by atoms with van der Waals surface area (Å²) in [6, 6.07) is 8.38. The van der Waals surface area contributed by atoms with Crippen molar-refractivity contribution < 1.29 is 9.84 Å². The maximum Gasteiger partial charge on any atom is 0.122 e. The van der Waals surface area contributed by atoms with Crippen LogP contribution in [0.2, 0.25) is 0 Å². The van der Waals surface area contributed by atoms with E-state index < -0.39 is 0 Å². The van der Waals surface area contributed by atoms with Gasteiger partial charge in [0.2, 0.25) is 0 Å². The number of rotatable bonds is 4. The van der Waals surface area contributed by atoms with E-state index in [-0.39, 0.29) is 12.2 Å². The first kappa shape index (κ1) is 18.0. The molecule has 1 fully saturated rings. The number of aryl methyl sites for hydroxylation is 1. The highest BCUT2D eigenvalue weighted by molar-refractivity contribution is 7.09. The number of phenolic OH excluding ortho intramolecular Hbond substituents is 1. The van der Waals surface area contributed by atoms with Crippen molar-refractivity contribution in [1.29, 1.82) is 0 Å². The summed E-state index contributed by atoms with van der Waals surface area (Å²) in [5.41, 5.74) is 9.04. The molecular weight excluding hydrogens is 344 g/mol. The first-order valence-electron chi connectivity index (χ1n) is 9.57. The van der Waals surface area contributed by atoms with Gasteiger partial charge in [0.1, 0.15) is 5.75 Å². The lowest BCUT2D eigenvalue weighted by Crippen LogP contribution is -2.41. The van der Waals surface area contributed by atoms with E-state index in [1.807, 2.05) is 24.3 Å². The first-order chi connectivity index (χ1) is 12.7. The number of fused-ring (bicyclic) bond motifs is 1. The number of ether oxygens (including phenoxy) is 1. The molecule has 0 unspecified atom stereocenters. The van der Waals surface area contributed by atoms with Gasteiger partial charge in [-0.3, -0.25) is 4.90 Å². The van der Waals surface area contributed by atoms with Crippen molar-refractivity contribution in [2.75, 3.05) is 19.6 Å². The molecule has 0 bridgehead atoms. The lowest BCUT2D eigenvalue weighted by Gasteiger charge is -2.40. The normalized spacial score (nSPS) is 24.5. The standard InChI is InChI=1S/C21H28N2O2S/c1-14-4-5-17-18(21(14)24)11-19(25-20(17)12-22)15-6-8-23(9-7-15)13-16-3-2-10-26-16/h2-5,10,15,19-20,24H,6-9,11-13,22H2,1H3/t19-,20-/m0/s1. The Bertz CT molecular complexity index is 739. The van der Waals surface area contributed by atoms with Crippen LogP contribution in [0, 0.1) is 12.8 Å². The predicted molar refractivity (Wildman–Crippen MR) is 106 cm³/mol. The average Bonchev–Trinajstić information content (AvgIpc) is 3.17. The fourth-order valence-corrected chi connectivity index (χ4v) is 5.13. The minimum atomic E-state index is -0.0978. The highest BCUT2D eigenvalue weighted by Gasteiger charge is 2.35. The van der Waals surface area contributed by atoms with Gasteiger partial charge in [0.15, 0.2) is 0 Å². The van der Waals surface area contributed by atoms with Gasteiger partial charge in [0.25, 0.3) is 0 Å². The molecule has 2 aliphatic heterocycles. The van der Waals surface area contributed by atoms with E-state index in [0.29, 0.717) is 18.2 Å². The van der Waals surface area contributed by atoms with E-state index in [2.05, 4.69) is 28.5 Å². The number of phenols is 1. The number of aromatic hydroxyl groups is 1. The largest absolute Gasteiger partial charge is 0.507 e. The molecular formula is C21H28N2O2S. The summed E-state index contributed by atoms with van der Waals surface area (Å²) < 4.78 is 6.38. The van der Waals surface area contributed by atoms with Crippen molar-refractivity contribution in [3.63, 3.8) is 0 Å². The van der Waals surface area contributed by atoms with Crippen LogP contribution in [0.4, 0.5) is 0 Å². The van der Waals surface area contributed by atoms with E-state index in [4.69, 9.17) is 10.5 Å². The molecule has 1 aromatic carbocycles. The second kappa shape index (κ2) is 7.69. The van der Waals surface area contributed by atoms with Crippen molar-refractivity contribution in [3.05, 3.63) is 51.2 Å². The van der Waals surface area contributed by atoms with Crippen LogP contribution in [-0.4, -0.2) is 35.7 Å². The van der Waals surface area contributed by atoms with Crippen molar-refractivity contribution in [2.24, 2.45) is 11.7 Å². The molecule has 1 saturated heterocycles. The van der Waals surface area contributed by atoms with Gasteiger partial charge in [-0.1, -0.05) is 18.2 Å². The molecule has 0 aliphatic carbocycles. The monoisotopic (exact) mass is 372 g/mol. The van der Waals surface area contributed by atoms with Crippen molar-refractivity contribution in [2.45, 2.75) is 44.9 Å². The number of thiophene rings is 1. The molecule has 0 amide bonds. The maximum absolute atomic E-state index is 10.6. The molecule has 3 N–H and O–H groups in total. The molecule has 26 heavy (non-hydrogen) atoms. The molecule has 5 heteroatoms. The van der Waals surface area contributed by atoms with Crippen LogP contribution in [0.1, 0.15) is 40.5 Å². The number of benzene rings is 1. The minimum Gasteiger partial charge on any atom is -0.507 e. The summed E-state index contributed by atoms with van der Waals surface area (Å²) in [6.07, 6.45) is 3.16. The number of hydrogen-bond donors (Lipinski definition) is 2. The van der Waals surface area contributed by atoms with E-state index in [1.54, 1.807) is 0 Å². The minimum absolute atomic E-state index is 0.0978. The Hall–Kier alpha value is -1.40. The molecule has 1 aromatic heterocycles. The maximum atomic E-state index is 10.6.